The van der Waals surface area contributed by atoms with E-state index in [1.807, 2.05) is 48.5 Å². The highest BCUT2D eigenvalue weighted by molar-refractivity contribution is 6.16. The number of fused-ring (bicyclic) bond motifs is 1. The van der Waals surface area contributed by atoms with E-state index in [2.05, 4.69) is 15.0 Å². The molecule has 0 radical (unpaired) electrons. The van der Waals surface area contributed by atoms with Gasteiger partial charge in [-0.15, -0.1) is 0 Å². The van der Waals surface area contributed by atoms with Crippen molar-refractivity contribution in [3.63, 3.8) is 0 Å². The summed E-state index contributed by atoms with van der Waals surface area (Å²) in [5.74, 6) is 0.391. The molecule has 0 spiro atoms. The standard InChI is InChI=1S/C23H21N3O3/c1-29-14-8-13-17-24-22-19(23(28)25-17)18(15-9-4-2-5-10-15)20(26-22)21(27)16-11-6-3-7-12-16/h2-7,9-12H,8,13-14H2,1H3,(H2,24,25,26,28). The van der Waals surface area contributed by atoms with E-state index < -0.39 is 0 Å². The predicted molar refractivity (Wildman–Crippen MR) is 112 cm³/mol. The van der Waals surface area contributed by atoms with E-state index in [1.165, 1.54) is 0 Å². The second-order valence-corrected chi connectivity index (χ2v) is 6.77. The zero-order valence-corrected chi connectivity index (χ0v) is 16.1. The van der Waals surface area contributed by atoms with Gasteiger partial charge in [0.2, 0.25) is 5.78 Å². The molecular weight excluding hydrogens is 366 g/mol. The van der Waals surface area contributed by atoms with E-state index >= 15 is 0 Å². The smallest absolute Gasteiger partial charge is 0.261 e. The first-order valence-electron chi connectivity index (χ1n) is 9.48. The number of ketones is 1. The Morgan fingerprint density at radius 3 is 2.38 bits per heavy atom. The molecular formula is C23H21N3O3. The minimum absolute atomic E-state index is 0.178. The number of nitrogens with zero attached hydrogens (tertiary/aromatic N) is 1. The normalized spacial score (nSPS) is 11.1. The molecule has 4 aromatic rings. The van der Waals surface area contributed by atoms with E-state index in [4.69, 9.17) is 4.74 Å². The van der Waals surface area contributed by atoms with Gasteiger partial charge in [0.1, 0.15) is 11.5 Å². The van der Waals surface area contributed by atoms with Crippen LogP contribution >= 0.6 is 0 Å². The fourth-order valence-corrected chi connectivity index (χ4v) is 3.45. The van der Waals surface area contributed by atoms with Gasteiger partial charge in [0.15, 0.2) is 0 Å². The molecule has 0 unspecified atom stereocenters. The number of ether oxygens (including phenoxy) is 1. The molecule has 146 valence electrons. The van der Waals surface area contributed by atoms with Crippen LogP contribution in [-0.4, -0.2) is 34.5 Å². The maximum absolute atomic E-state index is 13.2. The van der Waals surface area contributed by atoms with Crippen LogP contribution in [0.2, 0.25) is 0 Å². The van der Waals surface area contributed by atoms with E-state index in [0.29, 0.717) is 46.7 Å². The van der Waals surface area contributed by atoms with Gasteiger partial charge in [-0.1, -0.05) is 60.7 Å². The molecule has 0 aliphatic rings. The minimum Gasteiger partial charge on any atom is -0.385 e. The molecule has 0 fully saturated rings. The van der Waals surface area contributed by atoms with Gasteiger partial charge in [-0.2, -0.15) is 0 Å². The summed E-state index contributed by atoms with van der Waals surface area (Å²) >= 11 is 0. The van der Waals surface area contributed by atoms with Crippen molar-refractivity contribution in [2.75, 3.05) is 13.7 Å². The van der Waals surface area contributed by atoms with Crippen LogP contribution in [0, 0.1) is 0 Å². The molecule has 6 nitrogen and oxygen atoms in total. The summed E-state index contributed by atoms with van der Waals surface area (Å²) in [6.45, 7) is 0.583. The molecule has 0 saturated heterocycles. The predicted octanol–water partition coefficient (Wildman–Crippen LogP) is 3.73. The van der Waals surface area contributed by atoms with Gasteiger partial charge in [0.05, 0.1) is 11.1 Å². The molecule has 0 atom stereocenters. The van der Waals surface area contributed by atoms with Crippen molar-refractivity contribution in [3.8, 4) is 11.1 Å². The first kappa shape index (κ1) is 18.8. The lowest BCUT2D eigenvalue weighted by Gasteiger charge is -2.05. The number of aryl methyl sites for hydroxylation is 1. The Balaban J connectivity index is 1.91. The van der Waals surface area contributed by atoms with Gasteiger partial charge in [-0.3, -0.25) is 9.59 Å². The van der Waals surface area contributed by atoms with E-state index in [9.17, 15) is 9.59 Å². The molecule has 0 aliphatic heterocycles. The number of methoxy groups -OCH3 is 1. The molecule has 29 heavy (non-hydrogen) atoms. The molecule has 0 aliphatic carbocycles. The number of carbonyl (C=O) groups is 1. The first-order chi connectivity index (χ1) is 14.2. The number of benzene rings is 2. The second-order valence-electron chi connectivity index (χ2n) is 6.77. The molecule has 2 heterocycles. The highest BCUT2D eigenvalue weighted by Gasteiger charge is 2.23. The monoisotopic (exact) mass is 387 g/mol. The summed E-state index contributed by atoms with van der Waals surface area (Å²) in [6.07, 6.45) is 1.33. The van der Waals surface area contributed by atoms with Crippen molar-refractivity contribution in [1.82, 2.24) is 15.0 Å². The van der Waals surface area contributed by atoms with Gasteiger partial charge in [0.25, 0.3) is 5.56 Å². The molecule has 6 heteroatoms. The Kier molecular flexibility index (Phi) is 5.35. The zero-order valence-electron chi connectivity index (χ0n) is 16.1. The lowest BCUT2D eigenvalue weighted by Crippen LogP contribution is -2.12. The van der Waals surface area contributed by atoms with Crippen LogP contribution in [0.25, 0.3) is 22.2 Å². The third kappa shape index (κ3) is 3.75. The maximum Gasteiger partial charge on any atom is 0.261 e. The average molecular weight is 387 g/mol. The van der Waals surface area contributed by atoms with Crippen molar-refractivity contribution in [3.05, 3.63) is 88.1 Å². The third-order valence-electron chi connectivity index (χ3n) is 4.80. The van der Waals surface area contributed by atoms with Crippen LogP contribution in [0.1, 0.15) is 28.3 Å². The van der Waals surface area contributed by atoms with Gasteiger partial charge >= 0.3 is 0 Å². The second kappa shape index (κ2) is 8.24. The van der Waals surface area contributed by atoms with Crippen LogP contribution in [0.3, 0.4) is 0 Å². The summed E-state index contributed by atoms with van der Waals surface area (Å²) in [7, 11) is 1.64. The number of hydrogen-bond acceptors (Lipinski definition) is 4. The first-order valence-corrected chi connectivity index (χ1v) is 9.48. The summed E-state index contributed by atoms with van der Waals surface area (Å²) in [5, 5.41) is 0.394. The number of rotatable bonds is 7. The highest BCUT2D eigenvalue weighted by atomic mass is 16.5. The number of H-pyrrole nitrogens is 2. The minimum atomic E-state index is -0.260. The highest BCUT2D eigenvalue weighted by Crippen LogP contribution is 2.31. The van der Waals surface area contributed by atoms with E-state index in [-0.39, 0.29) is 11.3 Å². The molecule has 0 bridgehead atoms. The van der Waals surface area contributed by atoms with Crippen LogP contribution in [0.4, 0.5) is 0 Å². The number of aromatic nitrogens is 3. The summed E-state index contributed by atoms with van der Waals surface area (Å²) < 4.78 is 5.07. The van der Waals surface area contributed by atoms with Crippen molar-refractivity contribution >= 4 is 16.8 Å². The third-order valence-corrected chi connectivity index (χ3v) is 4.80. The number of hydrogen-bond donors (Lipinski definition) is 2. The fraction of sp³-hybridized carbons (Fsp3) is 0.174. The number of aromatic amines is 2. The van der Waals surface area contributed by atoms with Crippen molar-refractivity contribution in [1.29, 1.82) is 0 Å². The quantitative estimate of drug-likeness (QED) is 0.374. The van der Waals surface area contributed by atoms with Crippen molar-refractivity contribution in [2.24, 2.45) is 0 Å². The van der Waals surface area contributed by atoms with Gasteiger partial charge < -0.3 is 14.7 Å². The van der Waals surface area contributed by atoms with Crippen LogP contribution in [-0.2, 0) is 11.2 Å². The molecule has 2 N–H and O–H groups in total. The summed E-state index contributed by atoms with van der Waals surface area (Å²) in [4.78, 5) is 36.7. The van der Waals surface area contributed by atoms with Crippen molar-refractivity contribution in [2.45, 2.75) is 12.8 Å². The molecule has 2 aromatic carbocycles. The van der Waals surface area contributed by atoms with Crippen LogP contribution < -0.4 is 5.56 Å². The molecule has 2 aromatic heterocycles. The average Bonchev–Trinajstić information content (AvgIpc) is 3.15. The number of nitrogens with one attached hydrogen (secondary N) is 2. The zero-order chi connectivity index (χ0) is 20.2. The Bertz CT molecular complexity index is 1190. The lowest BCUT2D eigenvalue weighted by molar-refractivity contribution is 0.103. The van der Waals surface area contributed by atoms with Gasteiger partial charge in [0, 0.05) is 31.3 Å². The lowest BCUT2D eigenvalue weighted by atomic mass is 9.98. The Hall–Kier alpha value is -3.51. The fourth-order valence-electron chi connectivity index (χ4n) is 3.45. The van der Waals surface area contributed by atoms with E-state index in [0.717, 1.165) is 12.0 Å². The van der Waals surface area contributed by atoms with E-state index in [1.54, 1.807) is 19.2 Å². The SMILES string of the molecule is COCCCc1nc2[nH]c(C(=O)c3ccccc3)c(-c3ccccc3)c2c(=O)[nH]1. The Morgan fingerprint density at radius 1 is 1.00 bits per heavy atom. The largest absolute Gasteiger partial charge is 0.385 e. The number of carbonyl (C=O) groups excluding carboxylic acids is 1. The van der Waals surface area contributed by atoms with Crippen molar-refractivity contribution < 1.29 is 9.53 Å². The Morgan fingerprint density at radius 2 is 1.69 bits per heavy atom. The van der Waals surface area contributed by atoms with Crippen LogP contribution in [0.5, 0.6) is 0 Å². The van der Waals surface area contributed by atoms with Gasteiger partial charge in [-0.25, -0.2) is 4.98 Å². The maximum atomic E-state index is 13.2. The topological polar surface area (TPSA) is 87.8 Å². The molecule has 0 saturated carbocycles. The van der Waals surface area contributed by atoms with Gasteiger partial charge in [-0.05, 0) is 12.0 Å². The molecule has 0 amide bonds. The summed E-state index contributed by atoms with van der Waals surface area (Å²) in [5.41, 5.74) is 2.44. The molecule has 4 rings (SSSR count). The van der Waals surface area contributed by atoms with Crippen LogP contribution in [0.15, 0.2) is 65.5 Å². The summed E-state index contributed by atoms with van der Waals surface area (Å²) in [6, 6.07) is 18.4. The Labute approximate surface area is 167 Å².